The number of hydrogen-bond acceptors (Lipinski definition) is 5. The maximum absolute atomic E-state index is 9.34. The molecule has 0 saturated heterocycles. The number of benzene rings is 8. The number of pyridine rings is 1. The van der Waals surface area contributed by atoms with Gasteiger partial charge in [-0.1, -0.05) is 191 Å². The Morgan fingerprint density at radius 3 is 1.87 bits per heavy atom. The predicted molar refractivity (Wildman–Crippen MR) is 323 cm³/mol. The van der Waals surface area contributed by atoms with Gasteiger partial charge < -0.3 is 23.5 Å². The summed E-state index contributed by atoms with van der Waals surface area (Å²) in [6.07, 6.45) is 1.85. The molecule has 0 radical (unpaired) electrons. The third-order valence-corrected chi connectivity index (χ3v) is 15.0. The minimum absolute atomic E-state index is 0. The molecule has 398 valence electrons. The summed E-state index contributed by atoms with van der Waals surface area (Å²) in [6, 6.07) is 48.3. The minimum atomic E-state index is -0.450. The first-order chi connectivity index (χ1) is 39.2. The summed E-state index contributed by atoms with van der Waals surface area (Å²) in [4.78, 5) is 12.9. The topological polar surface area (TPSA) is 51.0 Å². The number of hydrogen-bond donors (Lipinski definition) is 0. The Bertz CT molecular complexity index is 4490. The van der Waals surface area contributed by atoms with Gasteiger partial charge in [0.1, 0.15) is 17.0 Å². The van der Waals surface area contributed by atoms with Gasteiger partial charge >= 0.3 is 0 Å². The average molecular weight is 1220 g/mol. The second kappa shape index (κ2) is 19.5. The normalized spacial score (nSPS) is 14.0. The fraction of sp³-hybridized carbons (Fsp3) is 0.225. The summed E-state index contributed by atoms with van der Waals surface area (Å²) >= 11 is 0. The number of para-hydroxylation sites is 4. The third-order valence-electron chi connectivity index (χ3n) is 15.0. The number of nitrogens with zero attached hydrogens (tertiary/aromatic N) is 5. The minimum Gasteiger partial charge on any atom is -0.509 e. The monoisotopic (exact) mass is 1220 g/mol. The van der Waals surface area contributed by atoms with Crippen LogP contribution < -0.4 is 14.5 Å². The summed E-state index contributed by atoms with van der Waals surface area (Å²) in [5.74, 6) is 1.63. The molecule has 12 rings (SSSR count). The number of fused-ring (bicyclic) bond motifs is 8. The Morgan fingerprint density at radius 2 is 1.20 bits per heavy atom. The molecule has 0 fully saturated rings. The van der Waals surface area contributed by atoms with Crippen molar-refractivity contribution in [2.75, 3.05) is 9.80 Å². The van der Waals surface area contributed by atoms with E-state index in [0.717, 1.165) is 77.3 Å². The van der Waals surface area contributed by atoms with Gasteiger partial charge in [-0.15, -0.1) is 48.3 Å². The van der Waals surface area contributed by atoms with Gasteiger partial charge in [0.05, 0.1) is 13.4 Å². The molecule has 1 aliphatic heterocycles. The second-order valence-corrected chi connectivity index (χ2v) is 24.6. The molecule has 0 bridgehead atoms. The van der Waals surface area contributed by atoms with Gasteiger partial charge in [0.25, 0.3) is 0 Å². The molecule has 0 saturated carbocycles. The number of ether oxygens (including phenoxy) is 1. The molecule has 79 heavy (non-hydrogen) atoms. The van der Waals surface area contributed by atoms with Crippen LogP contribution in [0.1, 0.15) is 112 Å². The first-order valence-corrected chi connectivity index (χ1v) is 26.6. The van der Waals surface area contributed by atoms with Gasteiger partial charge in [-0.25, -0.2) is 9.83 Å². The SMILES string of the molecule is [2H]c1c([2H])c([2H])c(-c2cccc(-c3cc(C(C)(C)C)cc(C(C)(C)C)c3)c2N2[CH-]N(c3[c-]c(Oc4[c-]c5c(cc4)c4c6oc7c([N+]#[C-])cccc7c6ccc4n5-c4cc(C(C)(C)C)ccn4)cc(C(C)(C)C)c3)c3ccccc32)c([2H])c1[2H].[Pt]. The van der Waals surface area contributed by atoms with Crippen molar-refractivity contribution in [2.45, 2.75) is 105 Å². The number of furan rings is 1. The van der Waals surface area contributed by atoms with E-state index < -0.39 is 18.1 Å². The summed E-state index contributed by atoms with van der Waals surface area (Å²) in [5, 5.41) is 3.54. The van der Waals surface area contributed by atoms with E-state index in [2.05, 4.69) is 175 Å². The van der Waals surface area contributed by atoms with Crippen LogP contribution in [0.25, 0.3) is 76.7 Å². The fourth-order valence-electron chi connectivity index (χ4n) is 10.7. The molecule has 0 amide bonds. The Morgan fingerprint density at radius 1 is 0.582 bits per heavy atom. The molecule has 0 atom stereocenters. The van der Waals surface area contributed by atoms with E-state index in [1.807, 2.05) is 73.5 Å². The Hall–Kier alpha value is -7.91. The molecule has 0 N–H and O–H groups in total. The third kappa shape index (κ3) is 9.48. The van der Waals surface area contributed by atoms with Crippen molar-refractivity contribution in [3.8, 4) is 39.6 Å². The van der Waals surface area contributed by atoms with E-state index in [0.29, 0.717) is 51.1 Å². The van der Waals surface area contributed by atoms with Crippen molar-refractivity contribution in [3.63, 3.8) is 0 Å². The van der Waals surface area contributed by atoms with E-state index in [9.17, 15) is 2.74 Å². The van der Waals surface area contributed by atoms with E-state index in [-0.39, 0.29) is 60.4 Å². The fourth-order valence-corrected chi connectivity index (χ4v) is 10.7. The molecule has 0 spiro atoms. The molecule has 8 aromatic carbocycles. The van der Waals surface area contributed by atoms with E-state index in [1.165, 1.54) is 0 Å². The van der Waals surface area contributed by atoms with Crippen molar-refractivity contribution in [1.82, 2.24) is 9.55 Å². The Balaban J connectivity index is 0.00000736. The van der Waals surface area contributed by atoms with Crippen LogP contribution in [-0.4, -0.2) is 9.55 Å². The quantitative estimate of drug-likeness (QED) is 0.149. The zero-order valence-corrected chi connectivity index (χ0v) is 48.9. The van der Waals surface area contributed by atoms with E-state index in [4.69, 9.17) is 24.8 Å². The van der Waals surface area contributed by atoms with Crippen LogP contribution in [0.2, 0.25) is 0 Å². The van der Waals surface area contributed by atoms with Gasteiger partial charge in [-0.05, 0) is 91.3 Å². The van der Waals surface area contributed by atoms with Crippen LogP contribution in [0.5, 0.6) is 11.5 Å². The van der Waals surface area contributed by atoms with Gasteiger partial charge in [0.15, 0.2) is 0 Å². The number of aromatic nitrogens is 2. The largest absolute Gasteiger partial charge is 0.509 e. The standard InChI is InChI=1S/C71H64N5O2.Pt/c1-68(2,3)46-33-34-73-63(40-46)76-61-32-31-56-55-25-20-26-58(72-13)66(55)78-67(56)64(61)57-30-29-51(42-62(57)76)77-52-39-49(71(10,11)12)38-50(41-52)74-43-75(60-28-18-17-27-59(60)74)65-53(44-21-15-14-16-22-44)23-19-24-54(65)45-35-47(69(4,5)6)37-48(36-45)70(7,8)9;/h14-40,43H,1-12H3;/q-3;/i14D,15D,16D,21D,22D;. The Labute approximate surface area is 486 Å². The van der Waals surface area contributed by atoms with Crippen LogP contribution in [0.4, 0.5) is 28.4 Å². The molecule has 0 aliphatic carbocycles. The molecule has 0 unspecified atom stereocenters. The first-order valence-electron chi connectivity index (χ1n) is 29.1. The number of rotatable bonds is 7. The first kappa shape index (κ1) is 47.1. The maximum atomic E-state index is 9.34. The van der Waals surface area contributed by atoms with Crippen molar-refractivity contribution in [1.29, 1.82) is 0 Å². The molecule has 4 heterocycles. The van der Waals surface area contributed by atoms with Gasteiger partial charge in [0.2, 0.25) is 5.69 Å². The molecule has 1 aliphatic rings. The summed E-state index contributed by atoms with van der Waals surface area (Å²) in [5.41, 5.74) is 12.1. The van der Waals surface area contributed by atoms with Crippen LogP contribution >= 0.6 is 0 Å². The van der Waals surface area contributed by atoms with Gasteiger partial charge in [-0.3, -0.25) is 0 Å². The van der Waals surface area contributed by atoms with E-state index >= 15 is 0 Å². The van der Waals surface area contributed by atoms with Gasteiger partial charge in [0, 0.05) is 83.2 Å². The van der Waals surface area contributed by atoms with Crippen molar-refractivity contribution < 1.29 is 37.1 Å². The molecule has 7 nitrogen and oxygen atoms in total. The molecule has 3 aromatic heterocycles. The zero-order chi connectivity index (χ0) is 59.0. The maximum Gasteiger partial charge on any atom is 0.229 e. The van der Waals surface area contributed by atoms with Crippen molar-refractivity contribution in [2.24, 2.45) is 0 Å². The summed E-state index contributed by atoms with van der Waals surface area (Å²) < 4.78 is 60.7. The van der Waals surface area contributed by atoms with Gasteiger partial charge in [-0.2, -0.15) is 6.07 Å². The molecule has 11 aromatic rings. The molecular weight excluding hydrogens is 1150 g/mol. The average Bonchev–Trinajstić information content (AvgIpc) is 1.74. The van der Waals surface area contributed by atoms with Crippen molar-refractivity contribution >= 4 is 72.2 Å². The zero-order valence-electron chi connectivity index (χ0n) is 51.6. The summed E-state index contributed by atoms with van der Waals surface area (Å²) in [6.45, 7) is 36.2. The molecule has 8 heteroatoms. The number of anilines is 4. The van der Waals surface area contributed by atoms with Crippen LogP contribution in [0.3, 0.4) is 0 Å². The second-order valence-electron chi connectivity index (χ2n) is 24.6. The van der Waals surface area contributed by atoms with E-state index in [1.54, 1.807) is 6.07 Å². The van der Waals surface area contributed by atoms with Crippen molar-refractivity contribution in [3.05, 3.63) is 216 Å². The van der Waals surface area contributed by atoms with Crippen LogP contribution in [-0.2, 0) is 42.7 Å². The van der Waals surface area contributed by atoms with Crippen LogP contribution in [0, 0.1) is 25.4 Å². The summed E-state index contributed by atoms with van der Waals surface area (Å²) in [7, 11) is 0. The molecular formula is C71H64N5O2Pt-3. The Kier molecular flexibility index (Phi) is 11.6. The predicted octanol–water partition coefficient (Wildman–Crippen LogP) is 20.0. The smallest absolute Gasteiger partial charge is 0.229 e. The van der Waals surface area contributed by atoms with Crippen LogP contribution in [0.15, 0.2) is 168 Å².